The van der Waals surface area contributed by atoms with Gasteiger partial charge in [0.25, 0.3) is 6.43 Å². The second-order valence-electron chi connectivity index (χ2n) is 7.57. The second kappa shape index (κ2) is 7.97. The molecule has 0 bridgehead atoms. The second-order valence-corrected chi connectivity index (χ2v) is 7.57. The first-order valence-electron chi connectivity index (χ1n) is 9.76. The van der Waals surface area contributed by atoms with Crippen molar-refractivity contribution in [1.82, 2.24) is 19.6 Å². The van der Waals surface area contributed by atoms with Gasteiger partial charge in [0.1, 0.15) is 18.1 Å². The minimum Gasteiger partial charge on any atom is -0.321 e. The van der Waals surface area contributed by atoms with Crippen LogP contribution in [-0.2, 0) is 17.9 Å². The van der Waals surface area contributed by atoms with E-state index in [0.717, 1.165) is 17.5 Å². The summed E-state index contributed by atoms with van der Waals surface area (Å²) in [4.78, 5) is 12.6. The molecular weight excluding hydrogens is 395 g/mol. The van der Waals surface area contributed by atoms with Gasteiger partial charge in [-0.2, -0.15) is 10.2 Å². The number of nitrogens with one attached hydrogen (secondary N) is 1. The van der Waals surface area contributed by atoms with E-state index in [1.807, 2.05) is 0 Å². The van der Waals surface area contributed by atoms with Gasteiger partial charge in [0, 0.05) is 11.5 Å². The molecular formula is C21H22F3N5O. The fraction of sp³-hybridized carbons (Fsp3) is 0.381. The SMILES string of the molecule is Cc1nn(Cc2ccccc2F)c(C)c1NC(=O)Cn1nc(C2CC2)cc1C(F)F. The normalized spacial score (nSPS) is 13.8. The van der Waals surface area contributed by atoms with Gasteiger partial charge in [0.05, 0.1) is 29.3 Å². The van der Waals surface area contributed by atoms with Gasteiger partial charge in [-0.25, -0.2) is 13.2 Å². The Hall–Kier alpha value is -3.10. The fourth-order valence-electron chi connectivity index (χ4n) is 3.47. The average molecular weight is 417 g/mol. The first kappa shape index (κ1) is 20.2. The van der Waals surface area contributed by atoms with Crippen molar-refractivity contribution in [2.24, 2.45) is 0 Å². The predicted octanol–water partition coefficient (Wildman–Crippen LogP) is 4.34. The summed E-state index contributed by atoms with van der Waals surface area (Å²) in [6, 6.07) is 7.80. The molecule has 1 aromatic carbocycles. The van der Waals surface area contributed by atoms with E-state index >= 15 is 0 Å². The standard InChI is InChI=1S/C21H22F3N5O/c1-12-20(13(2)28(26-12)10-15-5-3-4-6-16(15)22)25-19(30)11-29-18(21(23)24)9-17(27-29)14-7-8-14/h3-6,9,14,21H,7-8,10-11H2,1-2H3,(H,25,30). The molecule has 0 unspecified atom stereocenters. The maximum absolute atomic E-state index is 14.0. The number of rotatable bonds is 7. The predicted molar refractivity (Wildman–Crippen MR) is 105 cm³/mol. The molecule has 0 atom stereocenters. The van der Waals surface area contributed by atoms with Crippen molar-refractivity contribution in [3.05, 3.63) is 64.5 Å². The summed E-state index contributed by atoms with van der Waals surface area (Å²) in [6.45, 7) is 3.39. The van der Waals surface area contributed by atoms with Crippen LogP contribution in [0, 0.1) is 19.7 Å². The lowest BCUT2D eigenvalue weighted by Crippen LogP contribution is -2.21. The molecule has 0 spiro atoms. The van der Waals surface area contributed by atoms with Gasteiger partial charge >= 0.3 is 0 Å². The van der Waals surface area contributed by atoms with E-state index in [1.54, 1.807) is 36.7 Å². The third kappa shape index (κ3) is 4.10. The van der Waals surface area contributed by atoms with Gasteiger partial charge in [0.15, 0.2) is 0 Å². The number of benzene rings is 1. The van der Waals surface area contributed by atoms with Crippen LogP contribution in [0.5, 0.6) is 0 Å². The maximum atomic E-state index is 14.0. The highest BCUT2D eigenvalue weighted by Gasteiger charge is 2.29. The molecule has 4 rings (SSSR count). The number of amides is 1. The minimum absolute atomic E-state index is 0.216. The van der Waals surface area contributed by atoms with Crippen LogP contribution in [0.4, 0.5) is 18.9 Å². The minimum atomic E-state index is -2.70. The summed E-state index contributed by atoms with van der Waals surface area (Å²) in [5.74, 6) is -0.591. The number of hydrogen-bond acceptors (Lipinski definition) is 3. The van der Waals surface area contributed by atoms with Crippen LogP contribution < -0.4 is 5.32 Å². The Morgan fingerprint density at radius 2 is 1.93 bits per heavy atom. The van der Waals surface area contributed by atoms with E-state index in [0.29, 0.717) is 28.3 Å². The van der Waals surface area contributed by atoms with Crippen molar-refractivity contribution >= 4 is 11.6 Å². The molecule has 3 aromatic rings. The smallest absolute Gasteiger partial charge is 0.280 e. The summed E-state index contributed by atoms with van der Waals surface area (Å²) in [5, 5.41) is 11.3. The molecule has 0 aliphatic heterocycles. The van der Waals surface area contributed by atoms with Crippen LogP contribution in [0.1, 0.15) is 53.5 Å². The molecule has 1 saturated carbocycles. The molecule has 1 aliphatic carbocycles. The molecule has 6 nitrogen and oxygen atoms in total. The number of aryl methyl sites for hydroxylation is 1. The number of halogens is 3. The number of carbonyl (C=O) groups excluding carboxylic acids is 1. The molecule has 158 valence electrons. The molecule has 0 saturated heterocycles. The Morgan fingerprint density at radius 3 is 2.60 bits per heavy atom. The third-order valence-electron chi connectivity index (χ3n) is 5.27. The number of nitrogens with zero attached hydrogens (tertiary/aromatic N) is 4. The van der Waals surface area contributed by atoms with Gasteiger partial charge < -0.3 is 5.32 Å². The number of carbonyl (C=O) groups is 1. The average Bonchev–Trinajstić information content (AvgIpc) is 3.41. The Morgan fingerprint density at radius 1 is 1.20 bits per heavy atom. The van der Waals surface area contributed by atoms with Gasteiger partial charge in [-0.15, -0.1) is 0 Å². The highest BCUT2D eigenvalue weighted by Crippen LogP contribution is 2.40. The number of aromatic nitrogens is 4. The van der Waals surface area contributed by atoms with E-state index in [-0.39, 0.29) is 30.5 Å². The van der Waals surface area contributed by atoms with Crippen LogP contribution >= 0.6 is 0 Å². The van der Waals surface area contributed by atoms with Crippen molar-refractivity contribution in [3.63, 3.8) is 0 Å². The Bertz CT molecular complexity index is 1080. The van der Waals surface area contributed by atoms with Crippen LogP contribution in [0.3, 0.4) is 0 Å². The Kier molecular flexibility index (Phi) is 5.36. The molecule has 1 fully saturated rings. The van der Waals surface area contributed by atoms with Crippen LogP contribution in [0.2, 0.25) is 0 Å². The van der Waals surface area contributed by atoms with Gasteiger partial charge in [-0.3, -0.25) is 14.2 Å². The molecule has 1 amide bonds. The maximum Gasteiger partial charge on any atom is 0.280 e. The van der Waals surface area contributed by atoms with Crippen molar-refractivity contribution in [1.29, 1.82) is 0 Å². The van der Waals surface area contributed by atoms with E-state index < -0.39 is 12.3 Å². The number of hydrogen-bond donors (Lipinski definition) is 1. The molecule has 1 aliphatic rings. The monoisotopic (exact) mass is 417 g/mol. The first-order chi connectivity index (χ1) is 14.3. The van der Waals surface area contributed by atoms with Crippen LogP contribution in [0.25, 0.3) is 0 Å². The zero-order valence-electron chi connectivity index (χ0n) is 16.7. The Balaban J connectivity index is 1.50. The lowest BCUT2D eigenvalue weighted by Gasteiger charge is -2.09. The van der Waals surface area contributed by atoms with Crippen molar-refractivity contribution in [2.45, 2.75) is 52.1 Å². The lowest BCUT2D eigenvalue weighted by molar-refractivity contribution is -0.117. The lowest BCUT2D eigenvalue weighted by atomic mass is 10.2. The van der Waals surface area contributed by atoms with Crippen molar-refractivity contribution in [2.75, 3.05) is 5.32 Å². The summed E-state index contributed by atoms with van der Waals surface area (Å²) in [5.41, 5.74) is 2.54. The van der Waals surface area contributed by atoms with Crippen molar-refractivity contribution < 1.29 is 18.0 Å². The topological polar surface area (TPSA) is 64.7 Å². The van der Waals surface area contributed by atoms with Gasteiger partial charge in [-0.05, 0) is 38.8 Å². The van der Waals surface area contributed by atoms with Gasteiger partial charge in [-0.1, -0.05) is 18.2 Å². The van der Waals surface area contributed by atoms with E-state index in [2.05, 4.69) is 15.5 Å². The Labute approximate surface area is 171 Å². The van der Waals surface area contributed by atoms with E-state index in [4.69, 9.17) is 0 Å². The zero-order valence-corrected chi connectivity index (χ0v) is 16.7. The van der Waals surface area contributed by atoms with E-state index in [9.17, 15) is 18.0 Å². The van der Waals surface area contributed by atoms with E-state index in [1.165, 1.54) is 12.1 Å². The fourth-order valence-corrected chi connectivity index (χ4v) is 3.47. The van der Waals surface area contributed by atoms with Crippen LogP contribution in [-0.4, -0.2) is 25.5 Å². The molecule has 9 heteroatoms. The number of alkyl halides is 2. The summed E-state index contributed by atoms with van der Waals surface area (Å²) < 4.78 is 43.3. The third-order valence-corrected chi connectivity index (χ3v) is 5.27. The summed E-state index contributed by atoms with van der Waals surface area (Å²) >= 11 is 0. The highest BCUT2D eigenvalue weighted by molar-refractivity contribution is 5.91. The van der Waals surface area contributed by atoms with Gasteiger partial charge in [0.2, 0.25) is 5.91 Å². The van der Waals surface area contributed by atoms with Crippen molar-refractivity contribution in [3.8, 4) is 0 Å². The molecule has 2 heterocycles. The molecule has 1 N–H and O–H groups in total. The molecule has 2 aromatic heterocycles. The molecule has 0 radical (unpaired) electrons. The first-order valence-corrected chi connectivity index (χ1v) is 9.76. The highest BCUT2D eigenvalue weighted by atomic mass is 19.3. The number of anilines is 1. The zero-order chi connectivity index (χ0) is 21.4. The summed E-state index contributed by atoms with van der Waals surface area (Å²) in [6.07, 6.45) is -0.832. The summed E-state index contributed by atoms with van der Waals surface area (Å²) in [7, 11) is 0. The molecule has 30 heavy (non-hydrogen) atoms. The quantitative estimate of drug-likeness (QED) is 0.622. The van der Waals surface area contributed by atoms with Crippen LogP contribution in [0.15, 0.2) is 30.3 Å². The largest absolute Gasteiger partial charge is 0.321 e.